The van der Waals surface area contributed by atoms with E-state index in [2.05, 4.69) is 15.5 Å². The van der Waals surface area contributed by atoms with Crippen molar-refractivity contribution in [1.29, 1.82) is 0 Å². The van der Waals surface area contributed by atoms with Gasteiger partial charge in [0.15, 0.2) is 0 Å². The van der Waals surface area contributed by atoms with E-state index in [1.165, 1.54) is 22.8 Å². The van der Waals surface area contributed by atoms with Gasteiger partial charge < -0.3 is 11.2 Å². The maximum Gasteiger partial charge on any atom is 0.237 e. The molecule has 19 heavy (non-hydrogen) atoms. The summed E-state index contributed by atoms with van der Waals surface area (Å²) < 4.78 is 1.29. The zero-order valence-corrected chi connectivity index (χ0v) is 11.5. The van der Waals surface area contributed by atoms with Gasteiger partial charge in [0.25, 0.3) is 0 Å². The van der Waals surface area contributed by atoms with Gasteiger partial charge in [-0.3, -0.25) is 4.79 Å². The van der Waals surface area contributed by atoms with Gasteiger partial charge in [-0.05, 0) is 26.0 Å². The van der Waals surface area contributed by atoms with Gasteiger partial charge in [-0.2, -0.15) is 0 Å². The predicted octanol–water partition coefficient (Wildman–Crippen LogP) is 1.42. The van der Waals surface area contributed by atoms with E-state index in [0.717, 1.165) is 11.3 Å². The van der Waals surface area contributed by atoms with E-state index in [9.17, 15) is 4.79 Å². The Kier molecular flexibility index (Phi) is 4.06. The number of nitrogens with zero attached hydrogens (tertiary/aromatic N) is 3. The molecule has 6 nitrogen and oxygen atoms in total. The molecule has 0 aliphatic rings. The first-order valence-electron chi connectivity index (χ1n) is 5.75. The summed E-state index contributed by atoms with van der Waals surface area (Å²) in [5, 5.41) is 10.5. The number of rotatable bonds is 4. The molecule has 1 unspecified atom stereocenters. The molecule has 0 saturated heterocycles. The van der Waals surface area contributed by atoms with Crippen molar-refractivity contribution < 1.29 is 4.79 Å². The van der Waals surface area contributed by atoms with Crippen LogP contribution in [0.3, 0.4) is 0 Å². The number of nitrogens with one attached hydrogen (secondary N) is 1. The Bertz CT molecular complexity index is 566. The summed E-state index contributed by atoms with van der Waals surface area (Å²) >= 11 is 1.26. The Morgan fingerprint density at radius 1 is 1.42 bits per heavy atom. The van der Waals surface area contributed by atoms with Crippen LogP contribution in [0, 0.1) is 6.92 Å². The third-order valence-corrected chi connectivity index (χ3v) is 3.58. The molecule has 0 fully saturated rings. The highest BCUT2D eigenvalue weighted by Crippen LogP contribution is 2.20. The number of hydrogen-bond donors (Lipinski definition) is 2. The van der Waals surface area contributed by atoms with E-state index in [-0.39, 0.29) is 11.2 Å². The molecule has 1 aromatic carbocycles. The first kappa shape index (κ1) is 13.4. The van der Waals surface area contributed by atoms with Crippen LogP contribution in [0.4, 0.5) is 5.69 Å². The number of nitrogens with two attached hydrogens (primary N) is 1. The maximum atomic E-state index is 12.0. The van der Waals surface area contributed by atoms with Crippen molar-refractivity contribution in [2.45, 2.75) is 24.3 Å². The van der Waals surface area contributed by atoms with E-state index in [0.29, 0.717) is 5.16 Å². The van der Waals surface area contributed by atoms with Crippen molar-refractivity contribution in [2.24, 2.45) is 0 Å². The summed E-state index contributed by atoms with van der Waals surface area (Å²) in [6.07, 6.45) is 1.40. The molecule has 100 valence electrons. The van der Waals surface area contributed by atoms with Crippen LogP contribution in [-0.4, -0.2) is 26.0 Å². The summed E-state index contributed by atoms with van der Waals surface area (Å²) in [5.74, 6) is 5.50. The third kappa shape index (κ3) is 3.47. The molecule has 0 aliphatic heterocycles. The van der Waals surface area contributed by atoms with Gasteiger partial charge in [0.1, 0.15) is 6.33 Å². The smallest absolute Gasteiger partial charge is 0.237 e. The Morgan fingerprint density at radius 2 is 2.11 bits per heavy atom. The normalized spacial score (nSPS) is 12.1. The lowest BCUT2D eigenvalue weighted by Gasteiger charge is -2.11. The first-order valence-corrected chi connectivity index (χ1v) is 6.63. The van der Waals surface area contributed by atoms with Crippen LogP contribution >= 0.6 is 11.8 Å². The molecule has 1 heterocycles. The highest BCUT2D eigenvalue weighted by Gasteiger charge is 2.17. The second-order valence-corrected chi connectivity index (χ2v) is 5.44. The van der Waals surface area contributed by atoms with Crippen LogP contribution in [-0.2, 0) is 4.79 Å². The summed E-state index contributed by atoms with van der Waals surface area (Å²) in [6, 6.07) is 7.64. The van der Waals surface area contributed by atoms with E-state index in [1.54, 1.807) is 6.92 Å². The Labute approximate surface area is 115 Å². The molecule has 1 aromatic heterocycles. The molecular weight excluding hydrogens is 262 g/mol. The standard InChI is InChI=1S/C12H15N5OS/c1-8-3-5-10(6-4-8)15-11(18)9(2)19-12-16-14-7-17(12)13/h3-7,9H,13H2,1-2H3,(H,15,18). The van der Waals surface area contributed by atoms with E-state index in [1.807, 2.05) is 31.2 Å². The van der Waals surface area contributed by atoms with Crippen LogP contribution < -0.4 is 11.2 Å². The van der Waals surface area contributed by atoms with Crippen LogP contribution in [0.25, 0.3) is 0 Å². The van der Waals surface area contributed by atoms with Gasteiger partial charge in [-0.1, -0.05) is 29.5 Å². The molecular formula is C12H15N5OS. The number of anilines is 1. The number of aromatic nitrogens is 3. The van der Waals surface area contributed by atoms with Crippen molar-refractivity contribution in [3.63, 3.8) is 0 Å². The summed E-state index contributed by atoms with van der Waals surface area (Å²) in [7, 11) is 0. The number of thioether (sulfide) groups is 1. The summed E-state index contributed by atoms with van der Waals surface area (Å²) in [5.41, 5.74) is 1.92. The molecule has 0 radical (unpaired) electrons. The van der Waals surface area contributed by atoms with Crippen LogP contribution in [0.5, 0.6) is 0 Å². The van der Waals surface area contributed by atoms with Gasteiger partial charge in [-0.15, -0.1) is 10.2 Å². The zero-order valence-electron chi connectivity index (χ0n) is 10.7. The van der Waals surface area contributed by atoms with E-state index >= 15 is 0 Å². The first-order chi connectivity index (χ1) is 9.06. The fraction of sp³-hybridized carbons (Fsp3) is 0.250. The quantitative estimate of drug-likeness (QED) is 0.652. The van der Waals surface area contributed by atoms with Crippen molar-refractivity contribution in [2.75, 3.05) is 11.2 Å². The topological polar surface area (TPSA) is 85.8 Å². The zero-order chi connectivity index (χ0) is 13.8. The number of nitrogen functional groups attached to an aromatic ring is 1. The molecule has 1 amide bonds. The molecule has 2 rings (SSSR count). The van der Waals surface area contributed by atoms with Gasteiger partial charge in [0.2, 0.25) is 11.1 Å². The van der Waals surface area contributed by atoms with Crippen molar-refractivity contribution >= 4 is 23.4 Å². The largest absolute Gasteiger partial charge is 0.336 e. The Hall–Kier alpha value is -2.02. The number of amides is 1. The monoisotopic (exact) mass is 277 g/mol. The SMILES string of the molecule is Cc1ccc(NC(=O)C(C)Sc2nncn2N)cc1. The summed E-state index contributed by atoms with van der Waals surface area (Å²) in [6.45, 7) is 3.79. The van der Waals surface area contributed by atoms with Gasteiger partial charge >= 0.3 is 0 Å². The lowest BCUT2D eigenvalue weighted by Crippen LogP contribution is -2.23. The number of hydrogen-bond acceptors (Lipinski definition) is 5. The van der Waals surface area contributed by atoms with Gasteiger partial charge in [0.05, 0.1) is 5.25 Å². The molecule has 0 spiro atoms. The fourth-order valence-corrected chi connectivity index (χ4v) is 2.15. The Morgan fingerprint density at radius 3 is 2.68 bits per heavy atom. The fourth-order valence-electron chi connectivity index (χ4n) is 1.41. The lowest BCUT2D eigenvalue weighted by molar-refractivity contribution is -0.115. The predicted molar refractivity (Wildman–Crippen MR) is 75.3 cm³/mol. The van der Waals surface area contributed by atoms with Crippen molar-refractivity contribution in [3.8, 4) is 0 Å². The molecule has 3 N–H and O–H groups in total. The second-order valence-electron chi connectivity index (χ2n) is 4.14. The van der Waals surface area contributed by atoms with Crippen molar-refractivity contribution in [3.05, 3.63) is 36.2 Å². The van der Waals surface area contributed by atoms with Crippen LogP contribution in [0.1, 0.15) is 12.5 Å². The highest BCUT2D eigenvalue weighted by molar-refractivity contribution is 8.00. The highest BCUT2D eigenvalue weighted by atomic mass is 32.2. The van der Waals surface area contributed by atoms with E-state index in [4.69, 9.17) is 5.84 Å². The third-order valence-electron chi connectivity index (χ3n) is 2.51. The Balaban J connectivity index is 1.96. The molecule has 7 heteroatoms. The second kappa shape index (κ2) is 5.75. The molecule has 0 bridgehead atoms. The minimum atomic E-state index is -0.312. The number of benzene rings is 1. The van der Waals surface area contributed by atoms with Gasteiger partial charge in [0, 0.05) is 5.69 Å². The average Bonchev–Trinajstić information content (AvgIpc) is 2.78. The lowest BCUT2D eigenvalue weighted by atomic mass is 10.2. The molecule has 0 aliphatic carbocycles. The molecule has 1 atom stereocenters. The summed E-state index contributed by atoms with van der Waals surface area (Å²) in [4.78, 5) is 12.0. The minimum absolute atomic E-state index is 0.100. The number of carbonyl (C=O) groups excluding carboxylic acids is 1. The molecule has 0 saturated carbocycles. The van der Waals surface area contributed by atoms with Gasteiger partial charge in [-0.25, -0.2) is 4.68 Å². The number of carbonyl (C=O) groups is 1. The maximum absolute atomic E-state index is 12.0. The van der Waals surface area contributed by atoms with Crippen LogP contribution in [0.2, 0.25) is 0 Å². The van der Waals surface area contributed by atoms with Crippen LogP contribution in [0.15, 0.2) is 35.7 Å². The van der Waals surface area contributed by atoms with Crippen molar-refractivity contribution in [1.82, 2.24) is 14.9 Å². The molecule has 2 aromatic rings. The average molecular weight is 277 g/mol. The van der Waals surface area contributed by atoms with E-state index < -0.39 is 0 Å². The number of aryl methyl sites for hydroxylation is 1. The minimum Gasteiger partial charge on any atom is -0.336 e.